The van der Waals surface area contributed by atoms with Gasteiger partial charge in [-0.2, -0.15) is 0 Å². The number of benzene rings is 2. The van der Waals surface area contributed by atoms with E-state index in [2.05, 4.69) is 25.6 Å². The summed E-state index contributed by atoms with van der Waals surface area (Å²) in [6, 6.07) is 23.2. The van der Waals surface area contributed by atoms with Crippen LogP contribution in [-0.4, -0.2) is 50.6 Å². The molecule has 1 aliphatic heterocycles. The summed E-state index contributed by atoms with van der Waals surface area (Å²) in [5.74, 6) is 0.474. The molecule has 0 aliphatic carbocycles. The van der Waals surface area contributed by atoms with E-state index in [1.165, 1.54) is 12.1 Å². The van der Waals surface area contributed by atoms with Crippen molar-refractivity contribution in [2.24, 2.45) is 5.41 Å². The van der Waals surface area contributed by atoms with Crippen LogP contribution in [0.1, 0.15) is 30.3 Å². The van der Waals surface area contributed by atoms with Crippen molar-refractivity contribution in [3.63, 3.8) is 0 Å². The number of ether oxygens (including phenoxy) is 2. The smallest absolute Gasteiger partial charge is 0.224 e. The van der Waals surface area contributed by atoms with Crippen molar-refractivity contribution in [3.05, 3.63) is 114 Å². The number of halogens is 1. The molecule has 4 heterocycles. The van der Waals surface area contributed by atoms with Gasteiger partial charge in [-0.25, -0.2) is 19.3 Å². The lowest BCUT2D eigenvalue weighted by atomic mass is 9.92. The Morgan fingerprint density at radius 3 is 2.48 bits per heavy atom. The average Bonchev–Trinajstić information content (AvgIpc) is 3.50. The summed E-state index contributed by atoms with van der Waals surface area (Å²) >= 11 is 0. The van der Waals surface area contributed by atoms with Crippen LogP contribution in [0.5, 0.6) is 0 Å². The number of amides is 1. The Morgan fingerprint density at radius 1 is 0.955 bits per heavy atom. The van der Waals surface area contributed by atoms with Gasteiger partial charge in [0.05, 0.1) is 49.0 Å². The summed E-state index contributed by atoms with van der Waals surface area (Å²) in [5, 5.41) is 6.21. The molecule has 1 fully saturated rings. The second kappa shape index (κ2) is 13.1. The summed E-state index contributed by atoms with van der Waals surface area (Å²) < 4.78 is 26.0. The van der Waals surface area contributed by atoms with Crippen LogP contribution in [0, 0.1) is 11.2 Å². The first-order valence-corrected chi connectivity index (χ1v) is 14.3. The maximum absolute atomic E-state index is 13.8. The van der Waals surface area contributed by atoms with Gasteiger partial charge in [-0.3, -0.25) is 9.78 Å². The number of nitrogens with one attached hydrogen (secondary N) is 3. The third-order valence-corrected chi connectivity index (χ3v) is 7.21. The summed E-state index contributed by atoms with van der Waals surface area (Å²) in [4.78, 5) is 34.0. The molecule has 2 aromatic carbocycles. The minimum absolute atomic E-state index is 0.0575. The van der Waals surface area contributed by atoms with E-state index in [1.807, 2.05) is 55.5 Å². The van der Waals surface area contributed by atoms with E-state index in [0.29, 0.717) is 67.1 Å². The Bertz CT molecular complexity index is 1690. The van der Waals surface area contributed by atoms with Crippen molar-refractivity contribution >= 4 is 11.9 Å². The van der Waals surface area contributed by atoms with E-state index in [9.17, 15) is 9.18 Å². The zero-order valence-electron chi connectivity index (χ0n) is 24.2. The van der Waals surface area contributed by atoms with Crippen molar-refractivity contribution in [2.45, 2.75) is 26.2 Å². The Kier molecular flexibility index (Phi) is 8.67. The molecule has 3 N–H and O–H groups in total. The van der Waals surface area contributed by atoms with E-state index < -0.39 is 11.7 Å². The molecule has 0 unspecified atom stereocenters. The van der Waals surface area contributed by atoms with Crippen LogP contribution in [-0.2, 0) is 27.2 Å². The van der Waals surface area contributed by atoms with Crippen LogP contribution in [0.25, 0.3) is 22.6 Å². The molecule has 5 aromatic rings. The summed E-state index contributed by atoms with van der Waals surface area (Å²) in [6.45, 7) is 3.56. The van der Waals surface area contributed by atoms with Gasteiger partial charge in [-0.05, 0) is 48.0 Å². The van der Waals surface area contributed by atoms with Crippen LogP contribution in [0.3, 0.4) is 0 Å². The van der Waals surface area contributed by atoms with Gasteiger partial charge < -0.3 is 25.1 Å². The molecule has 11 heteroatoms. The molecule has 10 nitrogen and oxygen atoms in total. The van der Waals surface area contributed by atoms with Gasteiger partial charge in [0.2, 0.25) is 18.1 Å². The molecule has 1 saturated heterocycles. The van der Waals surface area contributed by atoms with Gasteiger partial charge in [0.1, 0.15) is 5.82 Å². The van der Waals surface area contributed by atoms with E-state index in [1.54, 1.807) is 30.6 Å². The Morgan fingerprint density at radius 2 is 1.73 bits per heavy atom. The number of H-pyrrole nitrogens is 1. The highest BCUT2D eigenvalue weighted by molar-refractivity contribution is 5.78. The monoisotopic (exact) mass is 593 g/mol. The molecular weight excluding hydrogens is 561 g/mol. The van der Waals surface area contributed by atoms with Gasteiger partial charge in [0.25, 0.3) is 0 Å². The van der Waals surface area contributed by atoms with Crippen molar-refractivity contribution < 1.29 is 18.7 Å². The highest BCUT2D eigenvalue weighted by atomic mass is 19.1. The number of hydrogen-bond donors (Lipinski definition) is 3. The van der Waals surface area contributed by atoms with Crippen LogP contribution in [0.15, 0.2) is 91.3 Å². The lowest BCUT2D eigenvalue weighted by molar-refractivity contribution is -0.232. The number of aromatic amines is 1. The molecule has 1 aliphatic rings. The predicted molar refractivity (Wildman–Crippen MR) is 162 cm³/mol. The maximum Gasteiger partial charge on any atom is 0.224 e. The summed E-state index contributed by atoms with van der Waals surface area (Å²) in [6.07, 6.45) is 2.93. The second-order valence-corrected chi connectivity index (χ2v) is 11.0. The Labute approximate surface area is 254 Å². The molecular formula is C33H32FN7O3. The molecule has 0 radical (unpaired) electrons. The predicted octanol–water partition coefficient (Wildman–Crippen LogP) is 5.09. The topological polar surface area (TPSA) is 127 Å². The van der Waals surface area contributed by atoms with Gasteiger partial charge in [-0.15, -0.1) is 0 Å². The molecule has 0 atom stereocenters. The first kappa shape index (κ1) is 29.1. The average molecular weight is 594 g/mol. The maximum atomic E-state index is 13.8. The van der Waals surface area contributed by atoms with Crippen molar-refractivity contribution in [1.82, 2.24) is 30.2 Å². The summed E-state index contributed by atoms with van der Waals surface area (Å²) in [5.41, 5.74) is 3.87. The number of anilines is 1. The molecule has 1 amide bonds. The highest BCUT2D eigenvalue weighted by Crippen LogP contribution is 2.35. The third kappa shape index (κ3) is 7.13. The quantitative estimate of drug-likeness (QED) is 0.204. The zero-order chi connectivity index (χ0) is 30.4. The van der Waals surface area contributed by atoms with Crippen molar-refractivity contribution in [1.29, 1.82) is 0 Å². The van der Waals surface area contributed by atoms with Crippen LogP contribution in [0.2, 0.25) is 0 Å². The fourth-order valence-corrected chi connectivity index (χ4v) is 4.82. The lowest BCUT2D eigenvalue weighted by Crippen LogP contribution is -2.45. The molecule has 0 bridgehead atoms. The van der Waals surface area contributed by atoms with Gasteiger partial charge in [0, 0.05) is 29.9 Å². The number of rotatable bonds is 10. The number of pyridine rings is 1. The normalized spacial score (nSPS) is 18.1. The van der Waals surface area contributed by atoms with E-state index in [-0.39, 0.29) is 11.7 Å². The standard InChI is InChI=1S/C33H32FN7O3/c1-33(19-38-27(42)17-22-7-3-2-4-8-22)20-43-31(44-21-33)30-40-28(23-10-12-24(34)13-11-23)29(41-30)26-14-16-36-32(39-26)37-18-25-9-5-6-15-35-25/h2-16,31H,17-21H2,1H3,(H,38,42)(H,40,41)(H,36,37,39). The van der Waals surface area contributed by atoms with E-state index >= 15 is 0 Å². The molecule has 6 rings (SSSR count). The van der Waals surface area contributed by atoms with Crippen LogP contribution >= 0.6 is 0 Å². The van der Waals surface area contributed by atoms with Gasteiger partial charge in [-0.1, -0.05) is 43.3 Å². The van der Waals surface area contributed by atoms with Gasteiger partial charge in [0.15, 0.2) is 5.82 Å². The SMILES string of the molecule is CC1(CNC(=O)Cc2ccccc2)COC(c2nc(-c3ccc(F)cc3)c(-c3ccnc(NCc4ccccn4)n3)[nH]2)OC1. The Balaban J connectivity index is 1.17. The molecule has 44 heavy (non-hydrogen) atoms. The first-order valence-electron chi connectivity index (χ1n) is 14.3. The molecule has 0 spiro atoms. The number of carbonyl (C=O) groups is 1. The third-order valence-electron chi connectivity index (χ3n) is 7.21. The zero-order valence-corrected chi connectivity index (χ0v) is 24.2. The first-order chi connectivity index (χ1) is 21.4. The molecule has 224 valence electrons. The van der Waals surface area contributed by atoms with Gasteiger partial charge >= 0.3 is 0 Å². The fourth-order valence-electron chi connectivity index (χ4n) is 4.82. The minimum Gasteiger partial charge on any atom is -0.355 e. The Hall–Kier alpha value is -5.00. The minimum atomic E-state index is -0.764. The van der Waals surface area contributed by atoms with Crippen molar-refractivity contribution in [3.8, 4) is 22.6 Å². The summed E-state index contributed by atoms with van der Waals surface area (Å²) in [7, 11) is 0. The number of imidazole rings is 1. The van der Waals surface area contributed by atoms with Crippen LogP contribution < -0.4 is 10.6 Å². The highest BCUT2D eigenvalue weighted by Gasteiger charge is 2.35. The molecule has 0 saturated carbocycles. The van der Waals surface area contributed by atoms with Crippen LogP contribution in [0.4, 0.5) is 10.3 Å². The van der Waals surface area contributed by atoms with Crippen molar-refractivity contribution in [2.75, 3.05) is 25.1 Å². The molecule has 3 aromatic heterocycles. The second-order valence-electron chi connectivity index (χ2n) is 11.0. The number of carbonyl (C=O) groups excluding carboxylic acids is 1. The largest absolute Gasteiger partial charge is 0.355 e. The fraction of sp³-hybridized carbons (Fsp3) is 0.242. The number of aromatic nitrogens is 5. The van der Waals surface area contributed by atoms with E-state index in [4.69, 9.17) is 19.4 Å². The number of hydrogen-bond acceptors (Lipinski definition) is 8. The number of nitrogens with zero attached hydrogens (tertiary/aromatic N) is 4. The van der Waals surface area contributed by atoms with E-state index in [0.717, 1.165) is 11.3 Å². The lowest BCUT2D eigenvalue weighted by Gasteiger charge is -2.36.